The van der Waals surface area contributed by atoms with Crippen LogP contribution in [0.15, 0.2) is 12.4 Å². The number of nitrogens with one attached hydrogen (secondary N) is 2. The third-order valence-corrected chi connectivity index (χ3v) is 2.30. The van der Waals surface area contributed by atoms with Crippen molar-refractivity contribution in [2.75, 3.05) is 0 Å². The molecule has 5 heteroatoms. The molecule has 1 atom stereocenters. The number of nitrogens with two attached hydrogens (primary N) is 1. The highest BCUT2D eigenvalue weighted by Crippen LogP contribution is 2.08. The highest BCUT2D eigenvalue weighted by atomic mass is 16.2. The van der Waals surface area contributed by atoms with Gasteiger partial charge in [0.15, 0.2) is 0 Å². The molecular weight excluding hydrogens is 192 g/mol. The number of aromatic amines is 1. The SMILES string of the molecule is CCCC(C)(N)C(=O)NCc1cn[nH]c1. The van der Waals surface area contributed by atoms with Gasteiger partial charge in [-0.25, -0.2) is 0 Å². The van der Waals surface area contributed by atoms with E-state index in [0.717, 1.165) is 12.0 Å². The minimum atomic E-state index is -0.779. The molecule has 1 rings (SSSR count). The van der Waals surface area contributed by atoms with Crippen molar-refractivity contribution in [3.8, 4) is 0 Å². The van der Waals surface area contributed by atoms with Crippen LogP contribution in [0, 0.1) is 0 Å². The molecule has 0 fully saturated rings. The molecule has 1 heterocycles. The van der Waals surface area contributed by atoms with Crippen molar-refractivity contribution in [1.82, 2.24) is 15.5 Å². The van der Waals surface area contributed by atoms with Crippen LogP contribution in [-0.2, 0) is 11.3 Å². The van der Waals surface area contributed by atoms with Crippen molar-refractivity contribution in [3.63, 3.8) is 0 Å². The molecule has 0 aromatic carbocycles. The molecular formula is C10H18N4O. The van der Waals surface area contributed by atoms with E-state index in [1.54, 1.807) is 19.3 Å². The average Bonchev–Trinajstić information content (AvgIpc) is 2.66. The summed E-state index contributed by atoms with van der Waals surface area (Å²) in [5.41, 5.74) is 6.04. The van der Waals surface area contributed by atoms with Gasteiger partial charge in [-0.2, -0.15) is 5.10 Å². The lowest BCUT2D eigenvalue weighted by molar-refractivity contribution is -0.126. The molecule has 0 radical (unpaired) electrons. The molecule has 84 valence electrons. The summed E-state index contributed by atoms with van der Waals surface area (Å²) >= 11 is 0. The second-order valence-electron chi connectivity index (χ2n) is 3.96. The minimum absolute atomic E-state index is 0.120. The van der Waals surface area contributed by atoms with Gasteiger partial charge in [0.25, 0.3) is 0 Å². The van der Waals surface area contributed by atoms with Crippen molar-refractivity contribution in [1.29, 1.82) is 0 Å². The number of amides is 1. The predicted molar refractivity (Wildman–Crippen MR) is 57.9 cm³/mol. The lowest BCUT2D eigenvalue weighted by Crippen LogP contribution is -2.51. The topological polar surface area (TPSA) is 83.8 Å². The maximum Gasteiger partial charge on any atom is 0.240 e. The highest BCUT2D eigenvalue weighted by molar-refractivity contribution is 5.85. The fourth-order valence-corrected chi connectivity index (χ4v) is 1.39. The van der Waals surface area contributed by atoms with Gasteiger partial charge in [-0.1, -0.05) is 13.3 Å². The summed E-state index contributed by atoms with van der Waals surface area (Å²) in [6, 6.07) is 0. The smallest absolute Gasteiger partial charge is 0.240 e. The quantitative estimate of drug-likeness (QED) is 0.663. The summed E-state index contributed by atoms with van der Waals surface area (Å²) in [6.07, 6.45) is 5.00. The lowest BCUT2D eigenvalue weighted by Gasteiger charge is -2.22. The van der Waals surface area contributed by atoms with Crippen molar-refractivity contribution in [3.05, 3.63) is 18.0 Å². The number of hydrogen-bond acceptors (Lipinski definition) is 3. The van der Waals surface area contributed by atoms with Gasteiger partial charge in [-0.15, -0.1) is 0 Å². The van der Waals surface area contributed by atoms with Crippen LogP contribution in [0.25, 0.3) is 0 Å². The Balaban J connectivity index is 2.42. The molecule has 4 N–H and O–H groups in total. The highest BCUT2D eigenvalue weighted by Gasteiger charge is 2.26. The molecule has 1 aromatic heterocycles. The van der Waals surface area contributed by atoms with Gasteiger partial charge in [0, 0.05) is 18.3 Å². The first kappa shape index (κ1) is 11.7. The number of carbonyl (C=O) groups is 1. The maximum atomic E-state index is 11.7. The van der Waals surface area contributed by atoms with E-state index in [4.69, 9.17) is 5.73 Å². The zero-order valence-electron chi connectivity index (χ0n) is 9.21. The third kappa shape index (κ3) is 3.36. The van der Waals surface area contributed by atoms with Crippen molar-refractivity contribution in [2.45, 2.75) is 38.8 Å². The number of hydrogen-bond donors (Lipinski definition) is 3. The van der Waals surface area contributed by atoms with Gasteiger partial charge < -0.3 is 11.1 Å². The zero-order chi connectivity index (χ0) is 11.3. The van der Waals surface area contributed by atoms with Crippen LogP contribution in [-0.4, -0.2) is 21.6 Å². The summed E-state index contributed by atoms with van der Waals surface area (Å²) in [4.78, 5) is 11.7. The second-order valence-corrected chi connectivity index (χ2v) is 3.96. The van der Waals surface area contributed by atoms with Gasteiger partial charge in [-0.05, 0) is 13.3 Å². The average molecular weight is 210 g/mol. The second kappa shape index (κ2) is 4.93. The van der Waals surface area contributed by atoms with Crippen LogP contribution in [0.3, 0.4) is 0 Å². The van der Waals surface area contributed by atoms with E-state index in [1.165, 1.54) is 0 Å². The summed E-state index contributed by atoms with van der Waals surface area (Å²) in [5.74, 6) is -0.120. The molecule has 0 saturated carbocycles. The van der Waals surface area contributed by atoms with Gasteiger partial charge in [-0.3, -0.25) is 9.89 Å². The minimum Gasteiger partial charge on any atom is -0.350 e. The van der Waals surface area contributed by atoms with E-state index in [2.05, 4.69) is 15.5 Å². The molecule has 5 nitrogen and oxygen atoms in total. The Bertz CT molecular complexity index is 305. The van der Waals surface area contributed by atoms with Crippen molar-refractivity contribution >= 4 is 5.91 Å². The molecule has 0 saturated heterocycles. The molecule has 0 aliphatic rings. The van der Waals surface area contributed by atoms with E-state index in [9.17, 15) is 4.79 Å². The van der Waals surface area contributed by atoms with Gasteiger partial charge in [0.1, 0.15) is 0 Å². The fraction of sp³-hybridized carbons (Fsp3) is 0.600. The number of nitrogens with zero attached hydrogens (tertiary/aromatic N) is 1. The van der Waals surface area contributed by atoms with Crippen molar-refractivity contribution in [2.24, 2.45) is 5.73 Å². The molecule has 0 aliphatic heterocycles. The molecule has 15 heavy (non-hydrogen) atoms. The molecule has 1 aromatic rings. The van der Waals surface area contributed by atoms with E-state index in [-0.39, 0.29) is 5.91 Å². The van der Waals surface area contributed by atoms with Crippen LogP contribution in [0.5, 0.6) is 0 Å². The number of aromatic nitrogens is 2. The monoisotopic (exact) mass is 210 g/mol. The Kier molecular flexibility index (Phi) is 3.85. The van der Waals surface area contributed by atoms with Crippen LogP contribution in [0.2, 0.25) is 0 Å². The lowest BCUT2D eigenvalue weighted by atomic mass is 9.96. The predicted octanol–water partition coefficient (Wildman–Crippen LogP) is 0.543. The van der Waals surface area contributed by atoms with E-state index in [0.29, 0.717) is 13.0 Å². The fourth-order valence-electron chi connectivity index (χ4n) is 1.39. The summed E-state index contributed by atoms with van der Waals surface area (Å²) in [7, 11) is 0. The first-order chi connectivity index (χ1) is 7.06. The molecule has 0 spiro atoms. The molecule has 1 unspecified atom stereocenters. The zero-order valence-corrected chi connectivity index (χ0v) is 9.21. The molecule has 0 bridgehead atoms. The van der Waals surface area contributed by atoms with Gasteiger partial charge in [0.05, 0.1) is 11.7 Å². The largest absolute Gasteiger partial charge is 0.350 e. The Morgan fingerprint density at radius 3 is 3.00 bits per heavy atom. The number of H-pyrrole nitrogens is 1. The summed E-state index contributed by atoms with van der Waals surface area (Å²) in [5, 5.41) is 9.26. The first-order valence-corrected chi connectivity index (χ1v) is 5.11. The van der Waals surface area contributed by atoms with Crippen LogP contribution >= 0.6 is 0 Å². The molecule has 0 aliphatic carbocycles. The Labute approximate surface area is 89.4 Å². The normalized spacial score (nSPS) is 14.6. The maximum absolute atomic E-state index is 11.7. The third-order valence-electron chi connectivity index (χ3n) is 2.30. The Hall–Kier alpha value is -1.36. The van der Waals surface area contributed by atoms with E-state index in [1.807, 2.05) is 6.92 Å². The standard InChI is InChI=1S/C10H18N4O/c1-3-4-10(2,11)9(15)12-5-8-6-13-14-7-8/h6-7H,3-5,11H2,1-2H3,(H,12,15)(H,13,14). The van der Waals surface area contributed by atoms with E-state index < -0.39 is 5.54 Å². The van der Waals surface area contributed by atoms with Crippen LogP contribution in [0.4, 0.5) is 0 Å². The van der Waals surface area contributed by atoms with Crippen LogP contribution < -0.4 is 11.1 Å². The summed E-state index contributed by atoms with van der Waals surface area (Å²) < 4.78 is 0. The van der Waals surface area contributed by atoms with Crippen LogP contribution in [0.1, 0.15) is 32.3 Å². The Morgan fingerprint density at radius 2 is 2.47 bits per heavy atom. The summed E-state index contributed by atoms with van der Waals surface area (Å²) in [6.45, 7) is 4.22. The van der Waals surface area contributed by atoms with Gasteiger partial charge >= 0.3 is 0 Å². The molecule has 1 amide bonds. The van der Waals surface area contributed by atoms with Gasteiger partial charge in [0.2, 0.25) is 5.91 Å². The Morgan fingerprint density at radius 1 is 1.73 bits per heavy atom. The van der Waals surface area contributed by atoms with E-state index >= 15 is 0 Å². The number of carbonyl (C=O) groups excluding carboxylic acids is 1. The number of rotatable bonds is 5. The van der Waals surface area contributed by atoms with Crippen molar-refractivity contribution < 1.29 is 4.79 Å². The first-order valence-electron chi connectivity index (χ1n) is 5.11.